The number of nitrogens with one attached hydrogen (secondary N) is 2. The van der Waals surface area contributed by atoms with Crippen molar-refractivity contribution in [2.75, 3.05) is 36.5 Å². The van der Waals surface area contributed by atoms with E-state index in [1.54, 1.807) is 0 Å². The molecule has 1 saturated carbocycles. The third kappa shape index (κ3) is 5.77. The summed E-state index contributed by atoms with van der Waals surface area (Å²) in [4.78, 5) is 11.4. The first kappa shape index (κ1) is 19.8. The van der Waals surface area contributed by atoms with Crippen molar-refractivity contribution in [1.82, 2.24) is 15.3 Å². The minimum Gasteiger partial charge on any atom is -0.439 e. The Labute approximate surface area is 176 Å². The number of hydrogen-bond donors (Lipinski definition) is 2. The third-order valence-electron chi connectivity index (χ3n) is 5.16. The summed E-state index contributed by atoms with van der Waals surface area (Å²) in [7, 11) is 0. The van der Waals surface area contributed by atoms with Gasteiger partial charge in [-0.15, -0.1) is 0 Å². The molecule has 2 fully saturated rings. The van der Waals surface area contributed by atoms with Crippen LogP contribution in [-0.4, -0.2) is 47.4 Å². The first-order chi connectivity index (χ1) is 14.3. The minimum absolute atomic E-state index is 0.422. The zero-order chi connectivity index (χ0) is 19.9. The molecule has 0 bridgehead atoms. The van der Waals surface area contributed by atoms with Crippen molar-refractivity contribution in [3.05, 3.63) is 36.4 Å². The van der Waals surface area contributed by atoms with Crippen molar-refractivity contribution in [3.8, 4) is 11.6 Å². The summed E-state index contributed by atoms with van der Waals surface area (Å²) in [6.45, 7) is 2.94. The molecule has 2 N–H and O–H groups in total. The molecule has 0 radical (unpaired) electrons. The van der Waals surface area contributed by atoms with Crippen molar-refractivity contribution in [1.29, 1.82) is 0 Å². The number of thiocarbonyl (C=S) groups is 1. The largest absolute Gasteiger partial charge is 0.439 e. The summed E-state index contributed by atoms with van der Waals surface area (Å²) in [5, 5.41) is 7.11. The van der Waals surface area contributed by atoms with Crippen LogP contribution in [0.4, 0.5) is 11.8 Å². The van der Waals surface area contributed by atoms with Crippen molar-refractivity contribution >= 4 is 29.1 Å². The van der Waals surface area contributed by atoms with E-state index in [-0.39, 0.29) is 0 Å². The van der Waals surface area contributed by atoms with E-state index in [0.29, 0.717) is 36.2 Å². The zero-order valence-electron chi connectivity index (χ0n) is 16.5. The average Bonchev–Trinajstić information content (AvgIpc) is 2.75. The van der Waals surface area contributed by atoms with E-state index >= 15 is 0 Å². The van der Waals surface area contributed by atoms with Gasteiger partial charge in [0.2, 0.25) is 11.8 Å². The molecule has 4 rings (SSSR count). The highest BCUT2D eigenvalue weighted by Crippen LogP contribution is 2.25. The zero-order valence-corrected chi connectivity index (χ0v) is 17.3. The summed E-state index contributed by atoms with van der Waals surface area (Å²) >= 11 is 5.51. The number of morpholine rings is 1. The number of rotatable bonds is 5. The predicted molar refractivity (Wildman–Crippen MR) is 118 cm³/mol. The molecule has 1 aliphatic heterocycles. The van der Waals surface area contributed by atoms with E-state index in [1.165, 1.54) is 19.3 Å². The lowest BCUT2D eigenvalue weighted by molar-refractivity contribution is 0.122. The quantitative estimate of drug-likeness (QED) is 0.719. The lowest BCUT2D eigenvalue weighted by Gasteiger charge is -2.28. The number of hydrogen-bond acceptors (Lipinski definition) is 6. The Morgan fingerprint density at radius 3 is 2.59 bits per heavy atom. The van der Waals surface area contributed by atoms with E-state index in [0.717, 1.165) is 37.5 Å². The first-order valence-electron chi connectivity index (χ1n) is 10.3. The first-order valence-corrected chi connectivity index (χ1v) is 10.7. The molecular weight excluding hydrogens is 386 g/mol. The lowest BCUT2D eigenvalue weighted by atomic mass is 9.96. The number of ether oxygens (including phenoxy) is 2. The van der Waals surface area contributed by atoms with Crippen LogP contribution < -0.4 is 20.3 Å². The maximum absolute atomic E-state index is 5.97. The van der Waals surface area contributed by atoms with Crippen molar-refractivity contribution in [3.63, 3.8) is 0 Å². The molecule has 0 atom stereocenters. The van der Waals surface area contributed by atoms with E-state index in [1.807, 2.05) is 36.4 Å². The summed E-state index contributed by atoms with van der Waals surface area (Å²) in [5.74, 6) is 2.45. The molecule has 8 heteroatoms. The van der Waals surface area contributed by atoms with Gasteiger partial charge in [0.25, 0.3) is 0 Å². The average molecular weight is 414 g/mol. The molecule has 0 amide bonds. The number of para-hydroxylation sites is 1. The predicted octanol–water partition coefficient (Wildman–Crippen LogP) is 3.72. The second-order valence-corrected chi connectivity index (χ2v) is 7.74. The Morgan fingerprint density at radius 2 is 1.83 bits per heavy atom. The fourth-order valence-electron chi connectivity index (χ4n) is 3.65. The highest BCUT2D eigenvalue weighted by Gasteiger charge is 2.18. The maximum atomic E-state index is 5.97. The Kier molecular flexibility index (Phi) is 6.74. The molecule has 1 aliphatic carbocycles. The van der Waals surface area contributed by atoms with Gasteiger partial charge in [-0.1, -0.05) is 37.5 Å². The number of nitrogens with zero attached hydrogens (tertiary/aromatic N) is 3. The Hall–Kier alpha value is -2.45. The summed E-state index contributed by atoms with van der Waals surface area (Å²) < 4.78 is 11.4. The van der Waals surface area contributed by atoms with Gasteiger partial charge in [-0.25, -0.2) is 0 Å². The summed E-state index contributed by atoms with van der Waals surface area (Å²) in [6.07, 6.45) is 6.11. The minimum atomic E-state index is 0.422. The molecule has 2 heterocycles. The molecule has 1 aromatic carbocycles. The standard InChI is InChI=1S/C21H27N5O2S/c29-21(22-16-7-3-1-4-8-16)25-20-23-18(26-11-13-27-14-12-26)15-19(24-20)28-17-9-5-2-6-10-17/h2,5-6,9-10,15-16H,1,3-4,7-8,11-14H2,(H2,22,23,24,25,29). The molecule has 0 unspecified atom stereocenters. The molecule has 7 nitrogen and oxygen atoms in total. The normalized spacial score (nSPS) is 17.6. The van der Waals surface area contributed by atoms with Gasteiger partial charge in [0.15, 0.2) is 5.11 Å². The van der Waals surface area contributed by atoms with Crippen LogP contribution in [0.5, 0.6) is 11.6 Å². The Morgan fingerprint density at radius 1 is 1.07 bits per heavy atom. The van der Waals surface area contributed by atoms with Gasteiger partial charge in [-0.05, 0) is 37.2 Å². The second kappa shape index (κ2) is 9.84. The maximum Gasteiger partial charge on any atom is 0.234 e. The van der Waals surface area contributed by atoms with E-state index in [9.17, 15) is 0 Å². The molecule has 1 saturated heterocycles. The molecular formula is C21H27N5O2S. The van der Waals surface area contributed by atoms with Gasteiger partial charge < -0.3 is 25.0 Å². The number of aromatic nitrogens is 2. The van der Waals surface area contributed by atoms with E-state index < -0.39 is 0 Å². The van der Waals surface area contributed by atoms with Crippen LogP contribution in [0.2, 0.25) is 0 Å². The Balaban J connectivity index is 1.50. The van der Waals surface area contributed by atoms with Gasteiger partial charge in [0, 0.05) is 25.2 Å². The summed E-state index contributed by atoms with van der Waals surface area (Å²) in [6, 6.07) is 11.9. The number of anilines is 2. The van der Waals surface area contributed by atoms with Crippen LogP contribution >= 0.6 is 12.2 Å². The molecule has 29 heavy (non-hydrogen) atoms. The number of benzene rings is 1. The molecule has 1 aromatic heterocycles. The van der Waals surface area contributed by atoms with Crippen LogP contribution in [0.3, 0.4) is 0 Å². The molecule has 154 valence electrons. The van der Waals surface area contributed by atoms with Crippen molar-refractivity contribution in [2.24, 2.45) is 0 Å². The van der Waals surface area contributed by atoms with Crippen LogP contribution in [-0.2, 0) is 4.74 Å². The topological polar surface area (TPSA) is 71.5 Å². The van der Waals surface area contributed by atoms with Crippen LogP contribution in [0.15, 0.2) is 36.4 Å². The lowest BCUT2D eigenvalue weighted by Crippen LogP contribution is -2.39. The fourth-order valence-corrected chi connectivity index (χ4v) is 3.91. The van der Waals surface area contributed by atoms with Crippen molar-refractivity contribution < 1.29 is 9.47 Å². The highest BCUT2D eigenvalue weighted by molar-refractivity contribution is 7.80. The van der Waals surface area contributed by atoms with Gasteiger partial charge in [-0.3, -0.25) is 0 Å². The van der Waals surface area contributed by atoms with Crippen molar-refractivity contribution in [2.45, 2.75) is 38.1 Å². The van der Waals surface area contributed by atoms with Gasteiger partial charge >= 0.3 is 0 Å². The molecule has 2 aromatic rings. The van der Waals surface area contributed by atoms with Gasteiger partial charge in [0.05, 0.1) is 13.2 Å². The second-order valence-electron chi connectivity index (χ2n) is 7.34. The third-order valence-corrected chi connectivity index (χ3v) is 5.38. The fraction of sp³-hybridized carbons (Fsp3) is 0.476. The van der Waals surface area contributed by atoms with E-state index in [4.69, 9.17) is 21.7 Å². The molecule has 2 aliphatic rings. The monoisotopic (exact) mass is 413 g/mol. The van der Waals surface area contributed by atoms with Gasteiger partial charge in [0.1, 0.15) is 11.6 Å². The van der Waals surface area contributed by atoms with Gasteiger partial charge in [-0.2, -0.15) is 9.97 Å². The highest BCUT2D eigenvalue weighted by atomic mass is 32.1. The summed E-state index contributed by atoms with van der Waals surface area (Å²) in [5.41, 5.74) is 0. The van der Waals surface area contributed by atoms with Crippen LogP contribution in [0, 0.1) is 0 Å². The molecule has 0 spiro atoms. The Bertz CT molecular complexity index is 808. The smallest absolute Gasteiger partial charge is 0.234 e. The van der Waals surface area contributed by atoms with Crippen LogP contribution in [0.25, 0.3) is 0 Å². The van der Waals surface area contributed by atoms with E-state index in [2.05, 4.69) is 25.5 Å². The van der Waals surface area contributed by atoms with Crippen LogP contribution in [0.1, 0.15) is 32.1 Å². The SMILES string of the molecule is S=C(Nc1nc(Oc2ccccc2)cc(N2CCOCC2)n1)NC1CCCCC1.